The maximum atomic E-state index is 5.85. The van der Waals surface area contributed by atoms with Gasteiger partial charge >= 0.3 is 0 Å². The van der Waals surface area contributed by atoms with E-state index in [4.69, 9.17) is 10.5 Å². The molecule has 0 saturated carbocycles. The average molecular weight is 235 g/mol. The van der Waals surface area contributed by atoms with E-state index in [1.165, 1.54) is 11.1 Å². The fourth-order valence-corrected chi connectivity index (χ4v) is 2.06. The zero-order valence-corrected chi connectivity index (χ0v) is 10.4. The van der Waals surface area contributed by atoms with Crippen LogP contribution in [-0.4, -0.2) is 37.9 Å². The van der Waals surface area contributed by atoms with Crippen LogP contribution in [0.4, 0.5) is 0 Å². The molecule has 4 nitrogen and oxygen atoms in total. The zero-order chi connectivity index (χ0) is 12.1. The summed E-state index contributed by atoms with van der Waals surface area (Å²) in [5.74, 6) is 0. The first-order valence-electron chi connectivity index (χ1n) is 6.15. The maximum Gasteiger partial charge on any atom is 0.0608 e. The molecule has 1 saturated heterocycles. The van der Waals surface area contributed by atoms with Crippen LogP contribution in [0.15, 0.2) is 24.3 Å². The third-order valence-corrected chi connectivity index (χ3v) is 3.03. The van der Waals surface area contributed by atoms with Gasteiger partial charge in [-0.1, -0.05) is 29.8 Å². The summed E-state index contributed by atoms with van der Waals surface area (Å²) in [4.78, 5) is 0. The lowest BCUT2D eigenvalue weighted by Crippen LogP contribution is -2.48. The van der Waals surface area contributed by atoms with Crippen LogP contribution < -0.4 is 11.2 Å². The molecule has 1 unspecified atom stereocenters. The van der Waals surface area contributed by atoms with Crippen molar-refractivity contribution in [3.05, 3.63) is 35.4 Å². The number of hydrogen-bond acceptors (Lipinski definition) is 4. The SMILES string of the molecule is Cc1cccc(C(CN)NN2CCOCC2)c1. The largest absolute Gasteiger partial charge is 0.379 e. The molecule has 0 amide bonds. The van der Waals surface area contributed by atoms with Crippen LogP contribution in [0.1, 0.15) is 17.2 Å². The third kappa shape index (κ3) is 3.51. The van der Waals surface area contributed by atoms with Gasteiger partial charge in [0, 0.05) is 19.6 Å². The molecule has 17 heavy (non-hydrogen) atoms. The van der Waals surface area contributed by atoms with E-state index in [1.54, 1.807) is 0 Å². The number of morpholine rings is 1. The molecule has 1 heterocycles. The van der Waals surface area contributed by atoms with Crippen molar-refractivity contribution < 1.29 is 4.74 Å². The number of rotatable bonds is 4. The fraction of sp³-hybridized carbons (Fsp3) is 0.538. The van der Waals surface area contributed by atoms with Gasteiger partial charge in [0.15, 0.2) is 0 Å². The van der Waals surface area contributed by atoms with E-state index in [2.05, 4.69) is 41.6 Å². The molecular formula is C13H21N3O. The molecule has 1 atom stereocenters. The Labute approximate surface area is 103 Å². The summed E-state index contributed by atoms with van der Waals surface area (Å²) in [6.45, 7) is 6.12. The predicted octanol–water partition coefficient (Wildman–Crippen LogP) is 0.832. The van der Waals surface area contributed by atoms with E-state index >= 15 is 0 Å². The summed E-state index contributed by atoms with van der Waals surface area (Å²) in [5.41, 5.74) is 11.8. The lowest BCUT2D eigenvalue weighted by atomic mass is 10.1. The number of hydrogen-bond donors (Lipinski definition) is 2. The summed E-state index contributed by atoms with van der Waals surface area (Å²) >= 11 is 0. The van der Waals surface area contributed by atoms with E-state index in [1.807, 2.05) is 0 Å². The molecule has 3 N–H and O–H groups in total. The van der Waals surface area contributed by atoms with Gasteiger partial charge in [0.1, 0.15) is 0 Å². The molecule has 0 aliphatic carbocycles. The minimum absolute atomic E-state index is 0.188. The van der Waals surface area contributed by atoms with Crippen LogP contribution in [-0.2, 0) is 4.74 Å². The molecule has 1 aliphatic rings. The highest BCUT2D eigenvalue weighted by Crippen LogP contribution is 2.14. The number of aryl methyl sites for hydroxylation is 1. The Kier molecular flexibility index (Phi) is 4.50. The Morgan fingerprint density at radius 2 is 2.18 bits per heavy atom. The normalized spacial score (nSPS) is 19.2. The Hall–Kier alpha value is -0.940. The molecule has 1 aromatic carbocycles. The number of hydrazine groups is 1. The Balaban J connectivity index is 2.00. The lowest BCUT2D eigenvalue weighted by molar-refractivity contribution is 0.00404. The first kappa shape index (κ1) is 12.5. The van der Waals surface area contributed by atoms with Gasteiger partial charge in [-0.25, -0.2) is 10.4 Å². The number of nitrogens with zero attached hydrogens (tertiary/aromatic N) is 1. The molecule has 0 bridgehead atoms. The van der Waals surface area contributed by atoms with Crippen molar-refractivity contribution in [1.82, 2.24) is 10.4 Å². The van der Waals surface area contributed by atoms with Crippen LogP contribution in [0.2, 0.25) is 0 Å². The van der Waals surface area contributed by atoms with Crippen LogP contribution in [0, 0.1) is 6.92 Å². The minimum Gasteiger partial charge on any atom is -0.379 e. The molecular weight excluding hydrogens is 214 g/mol. The van der Waals surface area contributed by atoms with Crippen LogP contribution in [0.3, 0.4) is 0 Å². The summed E-state index contributed by atoms with van der Waals surface area (Å²) in [7, 11) is 0. The highest BCUT2D eigenvalue weighted by atomic mass is 16.5. The summed E-state index contributed by atoms with van der Waals surface area (Å²) in [5, 5.41) is 2.20. The smallest absolute Gasteiger partial charge is 0.0608 e. The highest BCUT2D eigenvalue weighted by molar-refractivity contribution is 5.25. The maximum absolute atomic E-state index is 5.85. The number of nitrogens with two attached hydrogens (primary N) is 1. The molecule has 1 fully saturated rings. The van der Waals surface area contributed by atoms with Crippen LogP contribution >= 0.6 is 0 Å². The van der Waals surface area contributed by atoms with Gasteiger partial charge in [-0.2, -0.15) is 0 Å². The summed E-state index contributed by atoms with van der Waals surface area (Å²) in [6.07, 6.45) is 0. The lowest BCUT2D eigenvalue weighted by Gasteiger charge is -2.31. The molecule has 1 aromatic rings. The fourth-order valence-electron chi connectivity index (χ4n) is 2.06. The van der Waals surface area contributed by atoms with Crippen molar-refractivity contribution in [1.29, 1.82) is 0 Å². The number of benzene rings is 1. The molecule has 0 spiro atoms. The second-order valence-corrected chi connectivity index (χ2v) is 4.43. The molecule has 94 valence electrons. The third-order valence-electron chi connectivity index (χ3n) is 3.03. The van der Waals surface area contributed by atoms with E-state index in [0.717, 1.165) is 26.3 Å². The first-order chi connectivity index (χ1) is 8.29. The van der Waals surface area contributed by atoms with Crippen LogP contribution in [0.25, 0.3) is 0 Å². The average Bonchev–Trinajstić information content (AvgIpc) is 2.37. The van der Waals surface area contributed by atoms with Gasteiger partial charge in [0.25, 0.3) is 0 Å². The Morgan fingerprint density at radius 1 is 1.41 bits per heavy atom. The zero-order valence-electron chi connectivity index (χ0n) is 10.4. The van der Waals surface area contributed by atoms with Crippen molar-refractivity contribution in [3.63, 3.8) is 0 Å². The number of nitrogens with one attached hydrogen (secondary N) is 1. The van der Waals surface area contributed by atoms with E-state index in [-0.39, 0.29) is 6.04 Å². The monoisotopic (exact) mass is 235 g/mol. The second-order valence-electron chi connectivity index (χ2n) is 4.43. The summed E-state index contributed by atoms with van der Waals surface area (Å²) < 4.78 is 5.33. The van der Waals surface area contributed by atoms with Crippen molar-refractivity contribution in [3.8, 4) is 0 Å². The first-order valence-corrected chi connectivity index (χ1v) is 6.15. The Morgan fingerprint density at radius 3 is 2.82 bits per heavy atom. The molecule has 4 heteroatoms. The van der Waals surface area contributed by atoms with Gasteiger partial charge in [0.2, 0.25) is 0 Å². The number of ether oxygens (including phenoxy) is 1. The van der Waals surface area contributed by atoms with Crippen molar-refractivity contribution >= 4 is 0 Å². The van der Waals surface area contributed by atoms with Gasteiger partial charge in [-0.3, -0.25) is 0 Å². The minimum atomic E-state index is 0.188. The second kappa shape index (κ2) is 6.12. The standard InChI is InChI=1S/C13H21N3O/c1-11-3-2-4-12(9-11)13(10-14)15-16-5-7-17-8-6-16/h2-4,9,13,15H,5-8,10,14H2,1H3. The van der Waals surface area contributed by atoms with E-state index < -0.39 is 0 Å². The quantitative estimate of drug-likeness (QED) is 0.811. The van der Waals surface area contributed by atoms with Gasteiger partial charge in [0.05, 0.1) is 19.3 Å². The Bertz CT molecular complexity index is 350. The van der Waals surface area contributed by atoms with Gasteiger partial charge in [-0.15, -0.1) is 0 Å². The molecule has 2 rings (SSSR count). The predicted molar refractivity (Wildman–Crippen MR) is 68.5 cm³/mol. The summed E-state index contributed by atoms with van der Waals surface area (Å²) in [6, 6.07) is 8.68. The topological polar surface area (TPSA) is 50.5 Å². The molecule has 1 aliphatic heterocycles. The van der Waals surface area contributed by atoms with E-state index in [0.29, 0.717) is 6.54 Å². The van der Waals surface area contributed by atoms with Crippen molar-refractivity contribution in [2.45, 2.75) is 13.0 Å². The van der Waals surface area contributed by atoms with E-state index in [9.17, 15) is 0 Å². The van der Waals surface area contributed by atoms with Crippen molar-refractivity contribution in [2.24, 2.45) is 5.73 Å². The van der Waals surface area contributed by atoms with Gasteiger partial charge < -0.3 is 10.5 Å². The highest BCUT2D eigenvalue weighted by Gasteiger charge is 2.16. The van der Waals surface area contributed by atoms with Crippen LogP contribution in [0.5, 0.6) is 0 Å². The van der Waals surface area contributed by atoms with Crippen molar-refractivity contribution in [2.75, 3.05) is 32.8 Å². The molecule has 0 aromatic heterocycles. The molecule has 0 radical (unpaired) electrons. The van der Waals surface area contributed by atoms with Gasteiger partial charge in [-0.05, 0) is 12.5 Å².